The Kier molecular flexibility index (Phi) is 6.10. The van der Waals surface area contributed by atoms with Gasteiger partial charge in [0.25, 0.3) is 0 Å². The van der Waals surface area contributed by atoms with E-state index in [9.17, 15) is 4.79 Å². The molecule has 0 bridgehead atoms. The summed E-state index contributed by atoms with van der Waals surface area (Å²) in [4.78, 5) is 23.9. The van der Waals surface area contributed by atoms with E-state index >= 15 is 0 Å². The van der Waals surface area contributed by atoms with Crippen molar-refractivity contribution in [2.45, 2.75) is 19.4 Å². The highest BCUT2D eigenvalue weighted by Gasteiger charge is 2.30. The number of carbonyl (C=O) groups excluding carboxylic acids is 1. The molecule has 29 heavy (non-hydrogen) atoms. The monoisotopic (exact) mass is 399 g/mol. The van der Waals surface area contributed by atoms with Gasteiger partial charge in [-0.15, -0.1) is 0 Å². The molecule has 8 heteroatoms. The second-order valence-corrected chi connectivity index (χ2v) is 7.92. The Bertz CT molecular complexity index is 806. The van der Waals surface area contributed by atoms with Crippen molar-refractivity contribution >= 4 is 5.91 Å². The number of piperidine rings is 1. The number of hydrogen-bond donors (Lipinski definition) is 0. The van der Waals surface area contributed by atoms with Gasteiger partial charge < -0.3 is 19.1 Å². The standard InChI is InChI=1S/C21H29N5O3/c1-24-11-13-26(14-12-24)21(27)17-7-9-25(10-8-17)15-19-22-20(23-29-19)16-3-5-18(28-2)6-4-16/h3-6,17H,7-15H2,1-2H3. The fourth-order valence-electron chi connectivity index (χ4n) is 3.99. The number of piperazine rings is 1. The first kappa shape index (κ1) is 19.8. The number of rotatable bonds is 5. The molecule has 1 aromatic carbocycles. The third kappa shape index (κ3) is 4.76. The maximum atomic E-state index is 12.8. The first-order chi connectivity index (χ1) is 14.1. The highest BCUT2D eigenvalue weighted by Crippen LogP contribution is 2.23. The molecule has 0 atom stereocenters. The molecule has 1 aromatic heterocycles. The summed E-state index contributed by atoms with van der Waals surface area (Å²) in [6.07, 6.45) is 1.79. The summed E-state index contributed by atoms with van der Waals surface area (Å²) in [5.41, 5.74) is 0.900. The van der Waals surface area contributed by atoms with Crippen LogP contribution in [0.5, 0.6) is 5.75 Å². The number of aromatic nitrogens is 2. The summed E-state index contributed by atoms with van der Waals surface area (Å²) in [5, 5.41) is 4.10. The normalized spacial score (nSPS) is 19.4. The van der Waals surface area contributed by atoms with Crippen LogP contribution in [-0.2, 0) is 11.3 Å². The number of amides is 1. The molecule has 0 saturated carbocycles. The number of nitrogens with zero attached hydrogens (tertiary/aromatic N) is 5. The Morgan fingerprint density at radius 2 is 1.79 bits per heavy atom. The number of likely N-dealkylation sites (N-methyl/N-ethyl adjacent to an activating group) is 1. The van der Waals surface area contributed by atoms with Gasteiger partial charge in [0.05, 0.1) is 13.7 Å². The van der Waals surface area contributed by atoms with E-state index in [0.29, 0.717) is 24.2 Å². The van der Waals surface area contributed by atoms with Crippen LogP contribution in [-0.4, -0.2) is 84.2 Å². The number of carbonyl (C=O) groups is 1. The van der Waals surface area contributed by atoms with Gasteiger partial charge in [-0.2, -0.15) is 4.98 Å². The van der Waals surface area contributed by atoms with Crippen LogP contribution in [0, 0.1) is 5.92 Å². The minimum Gasteiger partial charge on any atom is -0.497 e. The molecule has 0 unspecified atom stereocenters. The molecule has 2 saturated heterocycles. The average molecular weight is 399 g/mol. The predicted octanol–water partition coefficient (Wildman–Crippen LogP) is 1.73. The van der Waals surface area contributed by atoms with Crippen LogP contribution in [0.1, 0.15) is 18.7 Å². The van der Waals surface area contributed by atoms with Crippen molar-refractivity contribution in [3.8, 4) is 17.1 Å². The Balaban J connectivity index is 1.27. The zero-order chi connectivity index (χ0) is 20.2. The van der Waals surface area contributed by atoms with Gasteiger partial charge in [0.15, 0.2) is 0 Å². The third-order valence-electron chi connectivity index (χ3n) is 5.93. The maximum absolute atomic E-state index is 12.8. The minimum absolute atomic E-state index is 0.146. The van der Waals surface area contributed by atoms with Gasteiger partial charge in [-0.05, 0) is 57.2 Å². The number of ether oxygens (including phenoxy) is 1. The summed E-state index contributed by atoms with van der Waals surface area (Å²) >= 11 is 0. The van der Waals surface area contributed by atoms with Crippen molar-refractivity contribution in [2.24, 2.45) is 5.92 Å². The second-order valence-electron chi connectivity index (χ2n) is 7.92. The molecule has 2 aliphatic heterocycles. The molecule has 156 valence electrons. The van der Waals surface area contributed by atoms with Crippen molar-refractivity contribution in [1.29, 1.82) is 0 Å². The highest BCUT2D eigenvalue weighted by atomic mass is 16.5. The molecule has 1 amide bonds. The summed E-state index contributed by atoms with van der Waals surface area (Å²) in [6.45, 7) is 6.03. The predicted molar refractivity (Wildman–Crippen MR) is 108 cm³/mol. The van der Waals surface area contributed by atoms with Crippen molar-refractivity contribution in [2.75, 3.05) is 53.4 Å². The fraction of sp³-hybridized carbons (Fsp3) is 0.571. The van der Waals surface area contributed by atoms with Crippen molar-refractivity contribution in [3.63, 3.8) is 0 Å². The molecular formula is C21H29N5O3. The zero-order valence-electron chi connectivity index (χ0n) is 17.2. The quantitative estimate of drug-likeness (QED) is 0.758. The molecular weight excluding hydrogens is 370 g/mol. The average Bonchev–Trinajstić information content (AvgIpc) is 3.23. The lowest BCUT2D eigenvalue weighted by molar-refractivity contribution is -0.138. The second kappa shape index (κ2) is 8.92. The highest BCUT2D eigenvalue weighted by molar-refractivity contribution is 5.79. The van der Waals surface area contributed by atoms with Gasteiger partial charge in [-0.25, -0.2) is 0 Å². The lowest BCUT2D eigenvalue weighted by atomic mass is 9.95. The van der Waals surface area contributed by atoms with Crippen LogP contribution >= 0.6 is 0 Å². The molecule has 0 N–H and O–H groups in total. The fourth-order valence-corrected chi connectivity index (χ4v) is 3.99. The Morgan fingerprint density at radius 3 is 2.45 bits per heavy atom. The molecule has 2 aliphatic rings. The number of likely N-dealkylation sites (tertiary alicyclic amines) is 1. The van der Waals surface area contributed by atoms with Crippen LogP contribution in [0.15, 0.2) is 28.8 Å². The smallest absolute Gasteiger partial charge is 0.241 e. The van der Waals surface area contributed by atoms with Gasteiger partial charge in [-0.1, -0.05) is 5.16 Å². The van der Waals surface area contributed by atoms with E-state index in [0.717, 1.165) is 63.4 Å². The van der Waals surface area contributed by atoms with E-state index in [1.54, 1.807) is 7.11 Å². The van der Waals surface area contributed by atoms with E-state index in [-0.39, 0.29) is 5.92 Å². The van der Waals surface area contributed by atoms with Gasteiger partial charge in [0, 0.05) is 37.7 Å². The molecule has 0 spiro atoms. The van der Waals surface area contributed by atoms with E-state index in [4.69, 9.17) is 9.26 Å². The molecule has 8 nitrogen and oxygen atoms in total. The van der Waals surface area contributed by atoms with E-state index in [1.807, 2.05) is 29.2 Å². The van der Waals surface area contributed by atoms with E-state index in [1.165, 1.54) is 0 Å². The first-order valence-electron chi connectivity index (χ1n) is 10.3. The molecule has 2 aromatic rings. The van der Waals surface area contributed by atoms with Crippen molar-refractivity contribution in [1.82, 2.24) is 24.8 Å². The summed E-state index contributed by atoms with van der Waals surface area (Å²) in [5.74, 6) is 2.47. The topological polar surface area (TPSA) is 74.9 Å². The number of hydrogen-bond acceptors (Lipinski definition) is 7. The summed E-state index contributed by atoms with van der Waals surface area (Å²) < 4.78 is 10.6. The first-order valence-corrected chi connectivity index (χ1v) is 10.3. The van der Waals surface area contributed by atoms with Crippen LogP contribution in [0.3, 0.4) is 0 Å². The van der Waals surface area contributed by atoms with E-state index < -0.39 is 0 Å². The summed E-state index contributed by atoms with van der Waals surface area (Å²) in [6, 6.07) is 7.60. The van der Waals surface area contributed by atoms with Crippen molar-refractivity contribution in [3.05, 3.63) is 30.2 Å². The zero-order valence-corrected chi connectivity index (χ0v) is 17.2. The Labute approximate surface area is 171 Å². The largest absolute Gasteiger partial charge is 0.497 e. The van der Waals surface area contributed by atoms with Crippen LogP contribution in [0.2, 0.25) is 0 Å². The number of methoxy groups -OCH3 is 1. The van der Waals surface area contributed by atoms with Crippen molar-refractivity contribution < 1.29 is 14.1 Å². The lowest BCUT2D eigenvalue weighted by Gasteiger charge is -2.37. The van der Waals surface area contributed by atoms with Gasteiger partial charge >= 0.3 is 0 Å². The molecule has 3 heterocycles. The third-order valence-corrected chi connectivity index (χ3v) is 5.93. The van der Waals surface area contributed by atoms with E-state index in [2.05, 4.69) is 27.0 Å². The van der Waals surface area contributed by atoms with Gasteiger partial charge in [-0.3, -0.25) is 9.69 Å². The lowest BCUT2D eigenvalue weighted by Crippen LogP contribution is -2.50. The van der Waals surface area contributed by atoms with Crippen LogP contribution in [0.25, 0.3) is 11.4 Å². The molecule has 2 fully saturated rings. The maximum Gasteiger partial charge on any atom is 0.241 e. The Hall–Kier alpha value is -2.45. The van der Waals surface area contributed by atoms with Crippen LogP contribution in [0.4, 0.5) is 0 Å². The minimum atomic E-state index is 0.146. The SMILES string of the molecule is COc1ccc(-c2noc(CN3CCC(C(=O)N4CCN(C)CC4)CC3)n2)cc1. The number of benzene rings is 1. The van der Waals surface area contributed by atoms with Gasteiger partial charge in [0.2, 0.25) is 17.6 Å². The van der Waals surface area contributed by atoms with Gasteiger partial charge in [0.1, 0.15) is 5.75 Å². The molecule has 0 aliphatic carbocycles. The molecule has 4 rings (SSSR count). The Morgan fingerprint density at radius 1 is 1.10 bits per heavy atom. The van der Waals surface area contributed by atoms with Crippen LogP contribution < -0.4 is 4.74 Å². The molecule has 0 radical (unpaired) electrons. The summed E-state index contributed by atoms with van der Waals surface area (Å²) in [7, 11) is 3.75.